The van der Waals surface area contributed by atoms with Crippen LogP contribution in [0.15, 0.2) is 77.6 Å². The van der Waals surface area contributed by atoms with Gasteiger partial charge in [0.25, 0.3) is 0 Å². The van der Waals surface area contributed by atoms with Gasteiger partial charge in [0.1, 0.15) is 51.9 Å². The fraction of sp³-hybridized carbons (Fsp3) is 0.367. The van der Waals surface area contributed by atoms with Crippen LogP contribution in [0.2, 0.25) is 5.02 Å². The summed E-state index contributed by atoms with van der Waals surface area (Å²) in [6.07, 6.45) is -2.25. The molecule has 0 saturated heterocycles. The molecule has 0 bridgehead atoms. The Labute approximate surface area is 413 Å². The summed E-state index contributed by atoms with van der Waals surface area (Å²) in [5, 5.41) is 11.9. The van der Waals surface area contributed by atoms with Crippen LogP contribution in [0.25, 0.3) is 20.2 Å². The minimum atomic E-state index is -0.835. The zero-order valence-electron chi connectivity index (χ0n) is 39.6. The molecule has 21 heteroatoms. The summed E-state index contributed by atoms with van der Waals surface area (Å²) in [5.41, 5.74) is 2.98. The molecule has 374 valence electrons. The van der Waals surface area contributed by atoms with Gasteiger partial charge in [0.15, 0.2) is 5.43 Å². The van der Waals surface area contributed by atoms with Crippen LogP contribution in [-0.4, -0.2) is 121 Å². The highest BCUT2D eigenvalue weighted by Gasteiger charge is 2.23. The maximum atomic E-state index is 13.3. The molecule has 4 aromatic carbocycles. The first-order valence-corrected chi connectivity index (χ1v) is 23.4. The summed E-state index contributed by atoms with van der Waals surface area (Å²) >= 11 is 7.93. The number of aryl methyl sites for hydroxylation is 2. The molecular weight excluding hydrogens is 950 g/mol. The number of anilines is 4. The van der Waals surface area contributed by atoms with Crippen LogP contribution in [0.1, 0.15) is 37.3 Å². The molecule has 0 radical (unpaired) electrons. The van der Waals surface area contributed by atoms with Gasteiger partial charge in [-0.05, 0) is 73.5 Å². The van der Waals surface area contributed by atoms with Crippen molar-refractivity contribution in [3.8, 4) is 5.75 Å². The Hall–Kier alpha value is -7.00. The monoisotopic (exact) mass is 1010 g/mol. The largest absolute Gasteiger partial charge is 0.492 e. The zero-order chi connectivity index (χ0) is 50.6. The average molecular weight is 1010 g/mol. The van der Waals surface area contributed by atoms with Crippen molar-refractivity contribution in [3.63, 3.8) is 0 Å². The van der Waals surface area contributed by atoms with Crippen molar-refractivity contribution in [2.45, 2.75) is 40.0 Å². The second kappa shape index (κ2) is 26.7. The predicted molar refractivity (Wildman–Crippen MR) is 266 cm³/mol. The number of hydrogen-bond acceptors (Lipinski definition) is 15. The molecule has 1 unspecified atom stereocenters. The number of hydrogen-bond donors (Lipinski definition) is 4. The number of likely N-dealkylation sites (N-methyl/N-ethyl adjacent to an activating group) is 1. The molecule has 0 aliphatic rings. The van der Waals surface area contributed by atoms with E-state index in [1.165, 1.54) is 18.3 Å². The second-order valence-corrected chi connectivity index (χ2v) is 17.6. The van der Waals surface area contributed by atoms with Gasteiger partial charge in [-0.15, -0.1) is 11.3 Å². The van der Waals surface area contributed by atoms with E-state index in [4.69, 9.17) is 44.8 Å². The number of esters is 2. The molecular formula is C49H57ClN5O14S+. The Bertz CT molecular complexity index is 2740. The van der Waals surface area contributed by atoms with Gasteiger partial charge in [0, 0.05) is 53.3 Å². The molecule has 19 nitrogen and oxygen atoms in total. The smallest absolute Gasteiger partial charge is 0.411 e. The molecule has 5 rings (SSSR count). The third kappa shape index (κ3) is 16.9. The number of benzene rings is 4. The molecule has 1 atom stereocenters. The predicted octanol–water partition coefficient (Wildman–Crippen LogP) is 8.42. The first kappa shape index (κ1) is 53.9. The number of fused-ring (bicyclic) bond motifs is 2. The van der Waals surface area contributed by atoms with E-state index in [2.05, 4.69) is 21.3 Å². The van der Waals surface area contributed by atoms with Gasteiger partial charge in [-0.3, -0.25) is 35.1 Å². The molecule has 0 spiro atoms. The standard InChI is InChI=1S/C49H56ClN5O14S/c1-31-11-13-34(29-38(31)51-33(3)56)53-48(61)68-27-25-65-42(57)17-18-43(58)66-26-28-69-49(62)54-39-30-35(14-12-32(39)2)52-47(60)67-24-21-55(4,20-23-63-5)19-8-22-64-40-16-15-37(50)44-45(59)36-9-6-7-10-41(36)70-46(40)44/h6-7,9-16,29-30H,8,17-28H2,1-5H3,(H3-,51,52,53,54,56,60,61,62)/p+1. The lowest BCUT2D eigenvalue weighted by molar-refractivity contribution is -0.910. The number of carbonyl (C=O) groups excluding carboxylic acids is 6. The molecule has 1 aromatic heterocycles. The van der Waals surface area contributed by atoms with Crippen LogP contribution >= 0.6 is 22.9 Å². The minimum absolute atomic E-state index is 0.103. The topological polar surface area (TPSA) is 232 Å². The van der Waals surface area contributed by atoms with Crippen LogP contribution in [0.3, 0.4) is 0 Å². The third-order valence-electron chi connectivity index (χ3n) is 10.6. The van der Waals surface area contributed by atoms with Gasteiger partial charge in [0.2, 0.25) is 5.91 Å². The van der Waals surface area contributed by atoms with Crippen molar-refractivity contribution < 1.29 is 66.4 Å². The number of quaternary nitrogens is 1. The Kier molecular flexibility index (Phi) is 20.6. The van der Waals surface area contributed by atoms with Crippen LogP contribution < -0.4 is 31.4 Å². The highest BCUT2D eigenvalue weighted by molar-refractivity contribution is 7.25. The summed E-state index contributed by atoms with van der Waals surface area (Å²) < 4.78 is 39.3. The first-order chi connectivity index (χ1) is 33.5. The fourth-order valence-corrected chi connectivity index (χ4v) is 8.30. The lowest BCUT2D eigenvalue weighted by Gasteiger charge is -2.34. The molecule has 0 fully saturated rings. The Morgan fingerprint density at radius 2 is 1.17 bits per heavy atom. The van der Waals surface area contributed by atoms with E-state index >= 15 is 0 Å². The lowest BCUT2D eigenvalue weighted by atomic mass is 10.2. The molecule has 0 aliphatic heterocycles. The summed E-state index contributed by atoms with van der Waals surface area (Å²) in [4.78, 5) is 86.3. The van der Waals surface area contributed by atoms with Crippen LogP contribution in [0.4, 0.5) is 37.1 Å². The maximum absolute atomic E-state index is 13.3. The molecule has 0 aliphatic carbocycles. The SMILES string of the molecule is COCC[N+](C)(CCCOc1ccc(Cl)c2c(=O)c3ccccc3sc12)CCOC(=O)Nc1ccc(C)c(NC(=O)OCCOC(=O)CCC(=O)OCCOC(=O)Nc2ccc(C)c(NC(C)=O)c2)c1. The van der Waals surface area contributed by atoms with Gasteiger partial charge in [0.05, 0.1) is 54.8 Å². The fourth-order valence-electron chi connectivity index (χ4n) is 6.83. The van der Waals surface area contributed by atoms with Crippen LogP contribution in [0.5, 0.6) is 5.75 Å². The van der Waals surface area contributed by atoms with Gasteiger partial charge >= 0.3 is 30.2 Å². The normalized spacial score (nSPS) is 11.7. The van der Waals surface area contributed by atoms with E-state index in [0.717, 1.165) is 10.3 Å². The van der Waals surface area contributed by atoms with Gasteiger partial charge < -0.3 is 43.0 Å². The number of ether oxygens (including phenoxy) is 7. The van der Waals surface area contributed by atoms with E-state index in [0.29, 0.717) is 98.3 Å². The maximum Gasteiger partial charge on any atom is 0.411 e. The highest BCUT2D eigenvalue weighted by Crippen LogP contribution is 2.36. The van der Waals surface area contributed by atoms with Gasteiger partial charge in [-0.25, -0.2) is 14.4 Å². The van der Waals surface area contributed by atoms with Crippen molar-refractivity contribution in [2.24, 2.45) is 0 Å². The molecule has 4 N–H and O–H groups in total. The van der Waals surface area contributed by atoms with Crippen LogP contribution in [0, 0.1) is 13.8 Å². The summed E-state index contributed by atoms with van der Waals surface area (Å²) in [6.45, 7) is 6.68. The van der Waals surface area contributed by atoms with Crippen molar-refractivity contribution >= 4 is 102 Å². The Balaban J connectivity index is 0.956. The number of nitrogens with one attached hydrogen (secondary N) is 4. The zero-order valence-corrected chi connectivity index (χ0v) is 41.1. The number of amides is 4. The summed E-state index contributed by atoms with van der Waals surface area (Å²) in [7, 11) is 3.67. The first-order valence-electron chi connectivity index (χ1n) is 22.2. The summed E-state index contributed by atoms with van der Waals surface area (Å²) in [6, 6.07) is 20.7. The minimum Gasteiger partial charge on any atom is -0.492 e. The number of halogens is 1. The third-order valence-corrected chi connectivity index (χ3v) is 12.1. The number of rotatable bonds is 24. The van der Waals surface area contributed by atoms with E-state index < -0.39 is 30.2 Å². The van der Waals surface area contributed by atoms with Crippen molar-refractivity contribution in [2.75, 3.05) is 101 Å². The van der Waals surface area contributed by atoms with Crippen molar-refractivity contribution in [3.05, 3.63) is 99.2 Å². The van der Waals surface area contributed by atoms with Crippen LogP contribution in [-0.2, 0) is 42.8 Å². The van der Waals surface area contributed by atoms with E-state index in [1.807, 2.05) is 25.2 Å². The number of nitrogens with zero attached hydrogens (tertiary/aromatic N) is 1. The number of carbonyl (C=O) groups is 6. The molecule has 1 heterocycles. The number of methoxy groups -OCH3 is 1. The van der Waals surface area contributed by atoms with Crippen molar-refractivity contribution in [1.82, 2.24) is 0 Å². The highest BCUT2D eigenvalue weighted by atomic mass is 35.5. The Morgan fingerprint density at radius 3 is 1.77 bits per heavy atom. The molecule has 0 saturated carbocycles. The molecule has 70 heavy (non-hydrogen) atoms. The second-order valence-electron chi connectivity index (χ2n) is 16.1. The quantitative estimate of drug-likeness (QED) is 0.0149. The lowest BCUT2D eigenvalue weighted by Crippen LogP contribution is -2.49. The average Bonchev–Trinajstić information content (AvgIpc) is 3.32. The summed E-state index contributed by atoms with van der Waals surface area (Å²) in [5.74, 6) is -1.11. The van der Waals surface area contributed by atoms with Gasteiger partial charge in [-0.2, -0.15) is 0 Å². The van der Waals surface area contributed by atoms with Crippen molar-refractivity contribution in [1.29, 1.82) is 0 Å². The molecule has 4 amide bonds. The van der Waals surface area contributed by atoms with E-state index in [-0.39, 0.29) is 57.2 Å². The van der Waals surface area contributed by atoms with E-state index in [1.54, 1.807) is 75.6 Å². The van der Waals surface area contributed by atoms with Gasteiger partial charge in [-0.1, -0.05) is 35.9 Å². The Morgan fingerprint density at radius 1 is 0.629 bits per heavy atom. The molecule has 5 aromatic rings. The van der Waals surface area contributed by atoms with E-state index in [9.17, 15) is 33.6 Å².